The Morgan fingerprint density at radius 1 is 1.37 bits per heavy atom. The molecular weight excluding hydrogens is 274 g/mol. The summed E-state index contributed by atoms with van der Waals surface area (Å²) in [5.41, 5.74) is 0. The van der Waals surface area contributed by atoms with Crippen molar-refractivity contribution in [3.05, 3.63) is 12.7 Å². The number of carboxylic acids is 1. The van der Waals surface area contributed by atoms with Gasteiger partial charge in [-0.3, -0.25) is 0 Å². The average molecular weight is 293 g/mol. The van der Waals surface area contributed by atoms with Crippen molar-refractivity contribution in [1.29, 1.82) is 0 Å². The fourth-order valence-electron chi connectivity index (χ4n) is 1.15. The molecule has 0 fully saturated rings. The minimum Gasteiger partial charge on any atom is -0.480 e. The van der Waals surface area contributed by atoms with E-state index >= 15 is 0 Å². The number of rotatable bonds is 9. The van der Waals surface area contributed by atoms with Crippen LogP contribution >= 0.6 is 0 Å². The number of nitrogens with one attached hydrogen (secondary N) is 3. The van der Waals surface area contributed by atoms with Crippen LogP contribution in [0.2, 0.25) is 0 Å². The van der Waals surface area contributed by atoms with Crippen LogP contribution in [0.15, 0.2) is 12.7 Å². The van der Waals surface area contributed by atoms with Crippen LogP contribution in [0.5, 0.6) is 0 Å². The first-order valence-corrected chi connectivity index (χ1v) is 7.48. The maximum Gasteiger partial charge on any atom is 0.326 e. The van der Waals surface area contributed by atoms with Crippen LogP contribution in [0.3, 0.4) is 0 Å². The molecule has 0 bridgehead atoms. The summed E-state index contributed by atoms with van der Waals surface area (Å²) in [4.78, 5) is 22.1. The number of sulfonamides is 1. The molecule has 0 saturated carbocycles. The zero-order valence-corrected chi connectivity index (χ0v) is 11.5. The van der Waals surface area contributed by atoms with Gasteiger partial charge in [-0.25, -0.2) is 22.7 Å². The molecule has 0 aliphatic carbocycles. The Morgan fingerprint density at radius 2 is 2.00 bits per heavy atom. The number of carbonyl (C=O) groups excluding carboxylic acids is 1. The maximum atomic E-state index is 11.3. The van der Waals surface area contributed by atoms with Crippen LogP contribution in [-0.2, 0) is 14.8 Å². The maximum absolute atomic E-state index is 11.3. The van der Waals surface area contributed by atoms with E-state index in [-0.39, 0.29) is 19.5 Å². The quantitative estimate of drug-likeness (QED) is 0.329. The summed E-state index contributed by atoms with van der Waals surface area (Å²) < 4.78 is 23.7. The molecule has 0 aromatic rings. The first-order chi connectivity index (χ1) is 8.76. The van der Waals surface area contributed by atoms with E-state index < -0.39 is 28.1 Å². The van der Waals surface area contributed by atoms with Gasteiger partial charge < -0.3 is 15.7 Å². The topological polar surface area (TPSA) is 125 Å². The van der Waals surface area contributed by atoms with E-state index in [1.165, 1.54) is 6.08 Å². The van der Waals surface area contributed by atoms with Gasteiger partial charge in [-0.2, -0.15) is 0 Å². The highest BCUT2D eigenvalue weighted by Gasteiger charge is 2.17. The molecule has 2 amide bonds. The fourth-order valence-corrected chi connectivity index (χ4v) is 1.66. The predicted octanol–water partition coefficient (Wildman–Crippen LogP) is -0.746. The van der Waals surface area contributed by atoms with Gasteiger partial charge in [0.05, 0.1) is 6.26 Å². The number of carboxylic acid groups (broad SMARTS) is 1. The van der Waals surface area contributed by atoms with Crippen molar-refractivity contribution in [3.8, 4) is 0 Å². The molecular formula is C10H19N3O5S. The Morgan fingerprint density at radius 3 is 2.47 bits per heavy atom. The molecule has 0 rings (SSSR count). The molecule has 0 aromatic heterocycles. The lowest BCUT2D eigenvalue weighted by atomic mass is 10.2. The van der Waals surface area contributed by atoms with Crippen LogP contribution in [0.4, 0.5) is 4.79 Å². The second-order valence-electron chi connectivity index (χ2n) is 3.84. The number of carbonyl (C=O) groups is 2. The summed E-state index contributed by atoms with van der Waals surface area (Å²) in [5.74, 6) is -1.14. The molecule has 4 N–H and O–H groups in total. The van der Waals surface area contributed by atoms with Gasteiger partial charge in [0.25, 0.3) is 0 Å². The highest BCUT2D eigenvalue weighted by Crippen LogP contribution is 1.92. The second-order valence-corrected chi connectivity index (χ2v) is 5.67. The standard InChI is InChI=1S/C10H19N3O5S/c1-3-5-8(9(14)15)13-10(16)11-6-4-7-12-19(2,17)18/h3,8,12H,1,4-7H2,2H3,(H,14,15)(H2,11,13,16). The van der Waals surface area contributed by atoms with Crippen LogP contribution in [-0.4, -0.2) is 50.9 Å². The van der Waals surface area contributed by atoms with Crippen molar-refractivity contribution in [1.82, 2.24) is 15.4 Å². The normalized spacial score (nSPS) is 12.5. The molecule has 19 heavy (non-hydrogen) atoms. The van der Waals surface area contributed by atoms with Crippen LogP contribution in [0.1, 0.15) is 12.8 Å². The van der Waals surface area contributed by atoms with Crippen LogP contribution < -0.4 is 15.4 Å². The third kappa shape index (κ3) is 10.0. The van der Waals surface area contributed by atoms with Crippen molar-refractivity contribution >= 4 is 22.0 Å². The minimum absolute atomic E-state index is 0.123. The summed E-state index contributed by atoms with van der Waals surface area (Å²) in [6, 6.07) is -1.64. The molecule has 110 valence electrons. The van der Waals surface area contributed by atoms with E-state index in [0.29, 0.717) is 6.42 Å². The summed E-state index contributed by atoms with van der Waals surface area (Å²) in [6.07, 6.45) is 2.97. The third-order valence-corrected chi connectivity index (χ3v) is 2.74. The molecule has 1 unspecified atom stereocenters. The van der Waals surface area contributed by atoms with Crippen LogP contribution in [0.25, 0.3) is 0 Å². The van der Waals surface area contributed by atoms with Gasteiger partial charge in [0.2, 0.25) is 10.0 Å². The number of aliphatic carboxylic acids is 1. The lowest BCUT2D eigenvalue weighted by Crippen LogP contribution is -2.46. The predicted molar refractivity (Wildman–Crippen MR) is 70.2 cm³/mol. The van der Waals surface area contributed by atoms with Gasteiger partial charge in [-0.15, -0.1) is 6.58 Å². The van der Waals surface area contributed by atoms with Gasteiger partial charge >= 0.3 is 12.0 Å². The van der Waals surface area contributed by atoms with E-state index in [1.54, 1.807) is 0 Å². The summed E-state index contributed by atoms with van der Waals surface area (Å²) in [6.45, 7) is 3.83. The van der Waals surface area contributed by atoms with E-state index in [0.717, 1.165) is 6.26 Å². The van der Waals surface area contributed by atoms with Gasteiger partial charge in [0.1, 0.15) is 6.04 Å². The SMILES string of the molecule is C=CCC(NC(=O)NCCCNS(C)(=O)=O)C(=O)O. The number of amides is 2. The molecule has 0 saturated heterocycles. The van der Waals surface area contributed by atoms with Crippen molar-refractivity contribution in [2.24, 2.45) is 0 Å². The average Bonchev–Trinajstić information content (AvgIpc) is 2.26. The molecule has 9 heteroatoms. The smallest absolute Gasteiger partial charge is 0.326 e. The van der Waals surface area contributed by atoms with Gasteiger partial charge in [0.15, 0.2) is 0 Å². The Labute approximate surface area is 112 Å². The van der Waals surface area contributed by atoms with Crippen molar-refractivity contribution in [2.75, 3.05) is 19.3 Å². The van der Waals surface area contributed by atoms with Crippen molar-refractivity contribution in [3.63, 3.8) is 0 Å². The summed E-state index contributed by atoms with van der Waals surface area (Å²) >= 11 is 0. The molecule has 0 aliphatic heterocycles. The lowest BCUT2D eigenvalue weighted by molar-refractivity contribution is -0.139. The zero-order chi connectivity index (χ0) is 14.9. The highest BCUT2D eigenvalue weighted by molar-refractivity contribution is 7.88. The Balaban J connectivity index is 3.86. The molecule has 8 nitrogen and oxygen atoms in total. The van der Waals surface area contributed by atoms with Crippen LogP contribution in [0, 0.1) is 0 Å². The third-order valence-electron chi connectivity index (χ3n) is 2.01. The van der Waals surface area contributed by atoms with Crippen molar-refractivity contribution < 1.29 is 23.1 Å². The molecule has 0 aromatic carbocycles. The van der Waals surface area contributed by atoms with E-state index in [1.807, 2.05) is 0 Å². The highest BCUT2D eigenvalue weighted by atomic mass is 32.2. The zero-order valence-electron chi connectivity index (χ0n) is 10.7. The second kappa shape index (κ2) is 8.48. The Kier molecular flexibility index (Phi) is 7.77. The molecule has 0 radical (unpaired) electrons. The minimum atomic E-state index is -3.23. The number of hydrogen-bond donors (Lipinski definition) is 4. The Hall–Kier alpha value is -1.61. The van der Waals surface area contributed by atoms with E-state index in [2.05, 4.69) is 21.9 Å². The number of hydrogen-bond acceptors (Lipinski definition) is 4. The molecule has 0 spiro atoms. The van der Waals surface area contributed by atoms with Gasteiger partial charge in [-0.1, -0.05) is 6.08 Å². The van der Waals surface area contributed by atoms with E-state index in [9.17, 15) is 18.0 Å². The monoisotopic (exact) mass is 293 g/mol. The Bertz CT molecular complexity index is 421. The fraction of sp³-hybridized carbons (Fsp3) is 0.600. The molecule has 1 atom stereocenters. The van der Waals surface area contributed by atoms with Crippen molar-refractivity contribution in [2.45, 2.75) is 18.9 Å². The molecule has 0 aliphatic rings. The largest absolute Gasteiger partial charge is 0.480 e. The molecule has 0 heterocycles. The van der Waals surface area contributed by atoms with Gasteiger partial charge in [-0.05, 0) is 12.8 Å². The van der Waals surface area contributed by atoms with Gasteiger partial charge in [0, 0.05) is 13.1 Å². The van der Waals surface area contributed by atoms with E-state index in [4.69, 9.17) is 5.11 Å². The number of urea groups is 1. The first-order valence-electron chi connectivity index (χ1n) is 5.59. The summed E-state index contributed by atoms with van der Waals surface area (Å²) in [5, 5.41) is 13.5. The first kappa shape index (κ1) is 17.4. The summed E-state index contributed by atoms with van der Waals surface area (Å²) in [7, 11) is -3.23. The lowest BCUT2D eigenvalue weighted by Gasteiger charge is -2.13.